The van der Waals surface area contributed by atoms with Crippen LogP contribution in [-0.2, 0) is 4.79 Å². The standard InChI is InChI=1S/C15H15FN2OS/c1-20-14-4-2-3-13(9-14)17-10-15(19)18-12-7-5-11(16)6-8-12/h2-9,17H,10H2,1H3,(H,18,19). The lowest BCUT2D eigenvalue weighted by atomic mass is 10.3. The van der Waals surface area contributed by atoms with E-state index in [4.69, 9.17) is 0 Å². The molecule has 2 rings (SSSR count). The van der Waals surface area contributed by atoms with E-state index in [9.17, 15) is 9.18 Å². The lowest BCUT2D eigenvalue weighted by Gasteiger charge is -2.08. The minimum atomic E-state index is -0.324. The van der Waals surface area contributed by atoms with Crippen molar-refractivity contribution in [2.75, 3.05) is 23.4 Å². The summed E-state index contributed by atoms with van der Waals surface area (Å²) in [6.07, 6.45) is 2.00. The summed E-state index contributed by atoms with van der Waals surface area (Å²) in [5, 5.41) is 5.75. The van der Waals surface area contributed by atoms with Crippen molar-refractivity contribution >= 4 is 29.0 Å². The molecule has 0 radical (unpaired) electrons. The van der Waals surface area contributed by atoms with Crippen molar-refractivity contribution in [2.45, 2.75) is 4.90 Å². The third-order valence-electron chi connectivity index (χ3n) is 2.65. The van der Waals surface area contributed by atoms with Crippen molar-refractivity contribution in [3.63, 3.8) is 0 Å². The Labute approximate surface area is 121 Å². The predicted molar refractivity (Wildman–Crippen MR) is 81.7 cm³/mol. The molecule has 0 unspecified atom stereocenters. The van der Waals surface area contributed by atoms with Crippen LogP contribution in [0, 0.1) is 5.82 Å². The van der Waals surface area contributed by atoms with Gasteiger partial charge in [0.25, 0.3) is 0 Å². The van der Waals surface area contributed by atoms with E-state index in [0.29, 0.717) is 5.69 Å². The number of nitrogens with one attached hydrogen (secondary N) is 2. The highest BCUT2D eigenvalue weighted by atomic mass is 32.2. The van der Waals surface area contributed by atoms with E-state index in [-0.39, 0.29) is 18.3 Å². The molecule has 1 amide bonds. The third-order valence-corrected chi connectivity index (χ3v) is 3.38. The molecule has 0 aliphatic carbocycles. The zero-order valence-electron chi connectivity index (χ0n) is 11.0. The van der Waals surface area contributed by atoms with Crippen molar-refractivity contribution in [1.82, 2.24) is 0 Å². The molecule has 3 nitrogen and oxygen atoms in total. The van der Waals surface area contributed by atoms with Crippen molar-refractivity contribution in [2.24, 2.45) is 0 Å². The van der Waals surface area contributed by atoms with Gasteiger partial charge in [-0.1, -0.05) is 6.07 Å². The first-order valence-electron chi connectivity index (χ1n) is 6.11. The highest BCUT2D eigenvalue weighted by molar-refractivity contribution is 7.98. The van der Waals surface area contributed by atoms with E-state index in [1.807, 2.05) is 30.5 Å². The first-order chi connectivity index (χ1) is 9.67. The SMILES string of the molecule is CSc1cccc(NCC(=O)Nc2ccc(F)cc2)c1. The second-order valence-electron chi connectivity index (χ2n) is 4.14. The molecule has 0 atom stereocenters. The van der Waals surface area contributed by atoms with E-state index < -0.39 is 0 Å². The van der Waals surface area contributed by atoms with Crippen LogP contribution in [0.3, 0.4) is 0 Å². The molecule has 0 aliphatic heterocycles. The van der Waals surface area contributed by atoms with E-state index in [1.165, 1.54) is 24.3 Å². The summed E-state index contributed by atoms with van der Waals surface area (Å²) in [5.74, 6) is -0.499. The Balaban J connectivity index is 1.87. The molecule has 0 aliphatic rings. The first-order valence-corrected chi connectivity index (χ1v) is 7.33. The van der Waals surface area contributed by atoms with Crippen LogP contribution in [0.15, 0.2) is 53.4 Å². The number of carbonyl (C=O) groups is 1. The fraction of sp³-hybridized carbons (Fsp3) is 0.133. The molecule has 0 heterocycles. The van der Waals surface area contributed by atoms with Crippen LogP contribution < -0.4 is 10.6 Å². The maximum absolute atomic E-state index is 12.7. The highest BCUT2D eigenvalue weighted by Gasteiger charge is 2.03. The van der Waals surface area contributed by atoms with Gasteiger partial charge >= 0.3 is 0 Å². The molecule has 0 saturated heterocycles. The Bertz CT molecular complexity index is 587. The van der Waals surface area contributed by atoms with Gasteiger partial charge < -0.3 is 10.6 Å². The van der Waals surface area contributed by atoms with Crippen LogP contribution in [-0.4, -0.2) is 18.7 Å². The second kappa shape index (κ2) is 6.96. The molecular weight excluding hydrogens is 275 g/mol. The minimum absolute atomic E-state index is 0.162. The fourth-order valence-corrected chi connectivity index (χ4v) is 2.11. The summed E-state index contributed by atoms with van der Waals surface area (Å²) in [7, 11) is 0. The van der Waals surface area contributed by atoms with Crippen LogP contribution in [0.25, 0.3) is 0 Å². The molecule has 5 heteroatoms. The van der Waals surface area contributed by atoms with Crippen molar-refractivity contribution in [1.29, 1.82) is 0 Å². The van der Waals surface area contributed by atoms with Crippen LogP contribution >= 0.6 is 11.8 Å². The number of rotatable bonds is 5. The molecule has 2 N–H and O–H groups in total. The second-order valence-corrected chi connectivity index (χ2v) is 5.02. The van der Waals surface area contributed by atoms with Crippen LogP contribution in [0.1, 0.15) is 0 Å². The number of hydrogen-bond acceptors (Lipinski definition) is 3. The monoisotopic (exact) mass is 290 g/mol. The van der Waals surface area contributed by atoms with Gasteiger partial charge in [-0.05, 0) is 48.7 Å². The number of carbonyl (C=O) groups excluding carboxylic acids is 1. The maximum atomic E-state index is 12.7. The Kier molecular flexibility index (Phi) is 5.01. The quantitative estimate of drug-likeness (QED) is 0.827. The Hall–Kier alpha value is -2.01. The summed E-state index contributed by atoms with van der Waals surface area (Å²) in [4.78, 5) is 12.9. The predicted octanol–water partition coefficient (Wildman–Crippen LogP) is 3.60. The summed E-state index contributed by atoms with van der Waals surface area (Å²) in [6, 6.07) is 13.5. The van der Waals surface area contributed by atoms with Gasteiger partial charge in [0, 0.05) is 16.3 Å². The fourth-order valence-electron chi connectivity index (χ4n) is 1.65. The van der Waals surface area contributed by atoms with E-state index in [0.717, 1.165) is 10.6 Å². The van der Waals surface area contributed by atoms with Crippen LogP contribution in [0.2, 0.25) is 0 Å². The number of amides is 1. The minimum Gasteiger partial charge on any atom is -0.376 e. The number of anilines is 2. The topological polar surface area (TPSA) is 41.1 Å². The van der Waals surface area contributed by atoms with Crippen molar-refractivity contribution in [3.8, 4) is 0 Å². The Morgan fingerprint density at radius 1 is 1.15 bits per heavy atom. The zero-order valence-corrected chi connectivity index (χ0v) is 11.8. The van der Waals surface area contributed by atoms with Gasteiger partial charge in [0.15, 0.2) is 0 Å². The van der Waals surface area contributed by atoms with Gasteiger partial charge in [0.1, 0.15) is 5.82 Å². The van der Waals surface area contributed by atoms with E-state index >= 15 is 0 Å². The molecule has 0 aromatic heterocycles. The van der Waals surface area contributed by atoms with Gasteiger partial charge in [-0.2, -0.15) is 0 Å². The molecule has 104 valence electrons. The lowest BCUT2D eigenvalue weighted by molar-refractivity contribution is -0.114. The number of hydrogen-bond donors (Lipinski definition) is 2. The molecule has 0 bridgehead atoms. The molecule has 0 fully saturated rings. The van der Waals surface area contributed by atoms with Crippen molar-refractivity contribution in [3.05, 3.63) is 54.3 Å². The zero-order chi connectivity index (χ0) is 14.4. The van der Waals surface area contributed by atoms with E-state index in [2.05, 4.69) is 10.6 Å². The van der Waals surface area contributed by atoms with E-state index in [1.54, 1.807) is 11.8 Å². The number of halogens is 1. The molecule has 2 aromatic rings. The van der Waals surface area contributed by atoms with Crippen molar-refractivity contribution < 1.29 is 9.18 Å². The Morgan fingerprint density at radius 2 is 1.90 bits per heavy atom. The Morgan fingerprint density at radius 3 is 2.60 bits per heavy atom. The average Bonchev–Trinajstić information content (AvgIpc) is 2.48. The summed E-state index contributed by atoms with van der Waals surface area (Å²) in [6.45, 7) is 0.162. The third kappa shape index (κ3) is 4.28. The smallest absolute Gasteiger partial charge is 0.243 e. The van der Waals surface area contributed by atoms with Gasteiger partial charge in [-0.25, -0.2) is 4.39 Å². The first kappa shape index (κ1) is 14.4. The van der Waals surface area contributed by atoms with Gasteiger partial charge in [0.2, 0.25) is 5.91 Å². The summed E-state index contributed by atoms with van der Waals surface area (Å²) < 4.78 is 12.7. The van der Waals surface area contributed by atoms with Crippen LogP contribution in [0.4, 0.5) is 15.8 Å². The summed E-state index contributed by atoms with van der Waals surface area (Å²) >= 11 is 1.65. The summed E-state index contributed by atoms with van der Waals surface area (Å²) in [5.41, 5.74) is 1.47. The van der Waals surface area contributed by atoms with Crippen LogP contribution in [0.5, 0.6) is 0 Å². The maximum Gasteiger partial charge on any atom is 0.243 e. The molecule has 2 aromatic carbocycles. The molecule has 0 saturated carbocycles. The molecule has 20 heavy (non-hydrogen) atoms. The van der Waals surface area contributed by atoms with Gasteiger partial charge in [-0.3, -0.25) is 4.79 Å². The highest BCUT2D eigenvalue weighted by Crippen LogP contribution is 2.18. The number of benzene rings is 2. The molecular formula is C15H15FN2OS. The van der Waals surface area contributed by atoms with Gasteiger partial charge in [0.05, 0.1) is 6.54 Å². The number of thioether (sulfide) groups is 1. The lowest BCUT2D eigenvalue weighted by Crippen LogP contribution is -2.21. The molecule has 0 spiro atoms. The largest absolute Gasteiger partial charge is 0.376 e. The van der Waals surface area contributed by atoms with Gasteiger partial charge in [-0.15, -0.1) is 11.8 Å². The average molecular weight is 290 g/mol. The normalized spacial score (nSPS) is 10.1.